The SMILES string of the molecule is CCN(CC)CC1=CCCCC1. The van der Waals surface area contributed by atoms with Crippen molar-refractivity contribution >= 4 is 0 Å². The van der Waals surface area contributed by atoms with Gasteiger partial charge >= 0.3 is 0 Å². The molecule has 0 bridgehead atoms. The maximum Gasteiger partial charge on any atom is 0.0192 e. The molecular formula is C11H21N. The van der Waals surface area contributed by atoms with Crippen molar-refractivity contribution < 1.29 is 0 Å². The van der Waals surface area contributed by atoms with Gasteiger partial charge in [0, 0.05) is 6.54 Å². The highest BCUT2D eigenvalue weighted by molar-refractivity contribution is 5.06. The summed E-state index contributed by atoms with van der Waals surface area (Å²) in [4.78, 5) is 2.50. The zero-order chi connectivity index (χ0) is 8.81. The molecule has 0 saturated carbocycles. The van der Waals surface area contributed by atoms with Crippen LogP contribution in [0.25, 0.3) is 0 Å². The van der Waals surface area contributed by atoms with E-state index in [0.29, 0.717) is 0 Å². The maximum absolute atomic E-state index is 2.50. The number of hydrogen-bond acceptors (Lipinski definition) is 1. The molecule has 1 rings (SSSR count). The van der Waals surface area contributed by atoms with Gasteiger partial charge in [0.2, 0.25) is 0 Å². The average Bonchev–Trinajstić information content (AvgIpc) is 2.16. The van der Waals surface area contributed by atoms with Crippen molar-refractivity contribution in [1.82, 2.24) is 4.90 Å². The molecule has 0 spiro atoms. The van der Waals surface area contributed by atoms with Gasteiger partial charge in [0.25, 0.3) is 0 Å². The second-order valence-corrected chi connectivity index (χ2v) is 3.57. The summed E-state index contributed by atoms with van der Waals surface area (Å²) in [6.07, 6.45) is 7.92. The molecular weight excluding hydrogens is 146 g/mol. The molecule has 0 atom stereocenters. The number of rotatable bonds is 4. The van der Waals surface area contributed by atoms with E-state index in [0.717, 1.165) is 0 Å². The predicted molar refractivity (Wildman–Crippen MR) is 54.3 cm³/mol. The minimum atomic E-state index is 1.19. The molecule has 0 fully saturated rings. The van der Waals surface area contributed by atoms with Crippen LogP contribution in [0.1, 0.15) is 39.5 Å². The fourth-order valence-corrected chi connectivity index (χ4v) is 1.78. The summed E-state index contributed by atoms with van der Waals surface area (Å²) in [6.45, 7) is 8.08. The van der Waals surface area contributed by atoms with E-state index in [2.05, 4.69) is 24.8 Å². The molecule has 70 valence electrons. The van der Waals surface area contributed by atoms with Crippen LogP contribution >= 0.6 is 0 Å². The fraction of sp³-hybridized carbons (Fsp3) is 0.818. The summed E-state index contributed by atoms with van der Waals surface area (Å²) in [7, 11) is 0. The fourth-order valence-electron chi connectivity index (χ4n) is 1.78. The first-order valence-corrected chi connectivity index (χ1v) is 5.27. The van der Waals surface area contributed by atoms with Crippen molar-refractivity contribution in [3.63, 3.8) is 0 Å². The van der Waals surface area contributed by atoms with Crippen molar-refractivity contribution in [3.05, 3.63) is 11.6 Å². The van der Waals surface area contributed by atoms with E-state index in [9.17, 15) is 0 Å². The van der Waals surface area contributed by atoms with Crippen molar-refractivity contribution in [2.75, 3.05) is 19.6 Å². The zero-order valence-electron chi connectivity index (χ0n) is 8.47. The summed E-state index contributed by atoms with van der Waals surface area (Å²) < 4.78 is 0. The quantitative estimate of drug-likeness (QED) is 0.582. The van der Waals surface area contributed by atoms with Crippen LogP contribution in [0.15, 0.2) is 11.6 Å². The molecule has 0 aromatic carbocycles. The maximum atomic E-state index is 2.50. The predicted octanol–water partition coefficient (Wildman–Crippen LogP) is 2.83. The van der Waals surface area contributed by atoms with E-state index >= 15 is 0 Å². The Hall–Kier alpha value is -0.300. The Morgan fingerprint density at radius 1 is 1.25 bits per heavy atom. The monoisotopic (exact) mass is 167 g/mol. The molecule has 0 saturated heterocycles. The second kappa shape index (κ2) is 5.36. The summed E-state index contributed by atoms with van der Waals surface area (Å²) in [6, 6.07) is 0. The lowest BCUT2D eigenvalue weighted by Gasteiger charge is -2.21. The lowest BCUT2D eigenvalue weighted by molar-refractivity contribution is 0.324. The largest absolute Gasteiger partial charge is 0.300 e. The van der Waals surface area contributed by atoms with Gasteiger partial charge < -0.3 is 0 Å². The highest BCUT2D eigenvalue weighted by Crippen LogP contribution is 2.17. The van der Waals surface area contributed by atoms with E-state index in [1.165, 1.54) is 45.3 Å². The van der Waals surface area contributed by atoms with E-state index in [4.69, 9.17) is 0 Å². The molecule has 0 aliphatic heterocycles. The van der Waals surface area contributed by atoms with Gasteiger partial charge in [-0.3, -0.25) is 4.90 Å². The lowest BCUT2D eigenvalue weighted by atomic mass is 9.99. The molecule has 1 aliphatic rings. The topological polar surface area (TPSA) is 3.24 Å². The summed E-state index contributed by atoms with van der Waals surface area (Å²) in [5, 5.41) is 0. The molecule has 1 nitrogen and oxygen atoms in total. The second-order valence-electron chi connectivity index (χ2n) is 3.57. The van der Waals surface area contributed by atoms with Crippen LogP contribution in [0.5, 0.6) is 0 Å². The number of hydrogen-bond donors (Lipinski definition) is 0. The minimum Gasteiger partial charge on any atom is -0.300 e. The Bertz CT molecular complexity index is 145. The van der Waals surface area contributed by atoms with Crippen molar-refractivity contribution in [2.24, 2.45) is 0 Å². The first-order valence-electron chi connectivity index (χ1n) is 5.27. The van der Waals surface area contributed by atoms with E-state index in [1.807, 2.05) is 0 Å². The molecule has 0 unspecified atom stereocenters. The van der Waals surface area contributed by atoms with Crippen LogP contribution in [-0.4, -0.2) is 24.5 Å². The molecule has 1 heteroatoms. The molecule has 0 radical (unpaired) electrons. The Morgan fingerprint density at radius 3 is 2.50 bits per heavy atom. The smallest absolute Gasteiger partial charge is 0.0192 e. The Morgan fingerprint density at radius 2 is 2.00 bits per heavy atom. The van der Waals surface area contributed by atoms with E-state index < -0.39 is 0 Å². The Kier molecular flexibility index (Phi) is 4.37. The third kappa shape index (κ3) is 2.98. The van der Waals surface area contributed by atoms with Crippen molar-refractivity contribution in [2.45, 2.75) is 39.5 Å². The average molecular weight is 167 g/mol. The molecule has 1 aliphatic carbocycles. The van der Waals surface area contributed by atoms with Gasteiger partial charge in [0.15, 0.2) is 0 Å². The van der Waals surface area contributed by atoms with Gasteiger partial charge in [-0.1, -0.05) is 25.5 Å². The van der Waals surface area contributed by atoms with Crippen molar-refractivity contribution in [1.29, 1.82) is 0 Å². The Labute approximate surface area is 76.5 Å². The van der Waals surface area contributed by atoms with Gasteiger partial charge in [-0.25, -0.2) is 0 Å². The number of nitrogens with zero attached hydrogens (tertiary/aromatic N) is 1. The Balaban J connectivity index is 2.32. The van der Waals surface area contributed by atoms with E-state index in [-0.39, 0.29) is 0 Å². The van der Waals surface area contributed by atoms with Gasteiger partial charge in [0.1, 0.15) is 0 Å². The number of allylic oxidation sites excluding steroid dienone is 1. The lowest BCUT2D eigenvalue weighted by Crippen LogP contribution is -2.25. The molecule has 0 N–H and O–H groups in total. The molecule has 0 heterocycles. The minimum absolute atomic E-state index is 1.19. The third-order valence-electron chi connectivity index (χ3n) is 2.71. The normalized spacial score (nSPS) is 18.1. The van der Waals surface area contributed by atoms with Gasteiger partial charge in [-0.05, 0) is 38.8 Å². The van der Waals surface area contributed by atoms with Gasteiger partial charge in [-0.2, -0.15) is 0 Å². The number of likely N-dealkylation sites (N-methyl/N-ethyl adjacent to an activating group) is 1. The molecule has 0 aromatic heterocycles. The third-order valence-corrected chi connectivity index (χ3v) is 2.71. The van der Waals surface area contributed by atoms with E-state index in [1.54, 1.807) is 5.57 Å². The summed E-state index contributed by atoms with van der Waals surface area (Å²) in [5.41, 5.74) is 1.67. The van der Waals surface area contributed by atoms with Crippen LogP contribution in [0.2, 0.25) is 0 Å². The highest BCUT2D eigenvalue weighted by Gasteiger charge is 2.06. The summed E-state index contributed by atoms with van der Waals surface area (Å²) >= 11 is 0. The van der Waals surface area contributed by atoms with Crippen LogP contribution < -0.4 is 0 Å². The van der Waals surface area contributed by atoms with Crippen molar-refractivity contribution in [3.8, 4) is 0 Å². The summed E-state index contributed by atoms with van der Waals surface area (Å²) in [5.74, 6) is 0. The van der Waals surface area contributed by atoms with Crippen LogP contribution in [0.3, 0.4) is 0 Å². The highest BCUT2D eigenvalue weighted by atomic mass is 15.1. The van der Waals surface area contributed by atoms with Crippen LogP contribution in [0.4, 0.5) is 0 Å². The molecule has 0 aromatic rings. The van der Waals surface area contributed by atoms with Gasteiger partial charge in [0.05, 0.1) is 0 Å². The standard InChI is InChI=1S/C11H21N/c1-3-12(4-2)10-11-8-6-5-7-9-11/h8H,3-7,9-10H2,1-2H3. The first kappa shape index (κ1) is 9.79. The van der Waals surface area contributed by atoms with Crippen LogP contribution in [-0.2, 0) is 0 Å². The molecule has 12 heavy (non-hydrogen) atoms. The van der Waals surface area contributed by atoms with Gasteiger partial charge in [-0.15, -0.1) is 0 Å². The molecule has 0 amide bonds. The first-order chi connectivity index (χ1) is 5.86. The van der Waals surface area contributed by atoms with Crippen LogP contribution in [0, 0.1) is 0 Å². The zero-order valence-corrected chi connectivity index (χ0v) is 8.47.